The van der Waals surface area contributed by atoms with Crippen LogP contribution >= 0.6 is 35.6 Å². The van der Waals surface area contributed by atoms with Crippen LogP contribution in [0.1, 0.15) is 52.9 Å². The highest BCUT2D eigenvalue weighted by Crippen LogP contribution is 2.41. The molecule has 0 radical (unpaired) electrons. The maximum atomic E-state index is 5.85. The molecule has 0 fully saturated rings. The molecule has 1 N–H and O–H groups in total. The average Bonchev–Trinajstić information content (AvgIpc) is 2.65. The predicted octanol–water partition coefficient (Wildman–Crippen LogP) is 5.15. The molecule has 114 valence electrons. The largest absolute Gasteiger partial charge is 0.306 e. The van der Waals surface area contributed by atoms with Gasteiger partial charge in [-0.3, -0.25) is 0 Å². The third-order valence-corrected chi connectivity index (χ3v) is 4.08. The van der Waals surface area contributed by atoms with E-state index in [1.165, 1.54) is 19.3 Å². The van der Waals surface area contributed by atoms with E-state index in [9.17, 15) is 0 Å². The van der Waals surface area contributed by atoms with Crippen LogP contribution in [0.25, 0.3) is 0 Å². The summed E-state index contributed by atoms with van der Waals surface area (Å²) in [6, 6.07) is 0.496. The maximum absolute atomic E-state index is 5.85. The van der Waals surface area contributed by atoms with E-state index in [-0.39, 0.29) is 17.9 Å². The fourth-order valence-corrected chi connectivity index (χ4v) is 3.15. The minimum atomic E-state index is 0. The first kappa shape index (κ1) is 19.6. The van der Waals surface area contributed by atoms with Gasteiger partial charge in [-0.05, 0) is 58.3 Å². The molecule has 1 rings (SSSR count). The van der Waals surface area contributed by atoms with Crippen molar-refractivity contribution in [2.24, 2.45) is 5.41 Å². The van der Waals surface area contributed by atoms with Gasteiger partial charge in [0.05, 0.1) is 0 Å². The van der Waals surface area contributed by atoms with Gasteiger partial charge >= 0.3 is 0 Å². The third kappa shape index (κ3) is 7.22. The lowest BCUT2D eigenvalue weighted by Gasteiger charge is -2.31. The van der Waals surface area contributed by atoms with Crippen molar-refractivity contribution in [3.63, 3.8) is 0 Å². The number of allylic oxidation sites excluding steroid dienone is 1. The molecule has 0 bridgehead atoms. The molecule has 0 aromatic carbocycles. The van der Waals surface area contributed by atoms with Crippen LogP contribution < -0.4 is 5.32 Å². The number of nitrogens with one attached hydrogen (secondary N) is 1. The summed E-state index contributed by atoms with van der Waals surface area (Å²) in [7, 11) is 0. The Hall–Kier alpha value is 0.570. The molecule has 1 atom stereocenters. The van der Waals surface area contributed by atoms with Crippen LogP contribution in [0.5, 0.6) is 0 Å². The lowest BCUT2D eigenvalue weighted by molar-refractivity contribution is 0.270. The zero-order chi connectivity index (χ0) is 13.6. The maximum Gasteiger partial charge on any atom is 0.0263 e. The second-order valence-electron chi connectivity index (χ2n) is 6.51. The van der Waals surface area contributed by atoms with E-state index >= 15 is 0 Å². The topological polar surface area (TPSA) is 12.0 Å². The Morgan fingerprint density at radius 3 is 2.11 bits per heavy atom. The van der Waals surface area contributed by atoms with E-state index < -0.39 is 0 Å². The van der Waals surface area contributed by atoms with Crippen LogP contribution in [0.4, 0.5) is 0 Å². The number of rotatable bonds is 7. The summed E-state index contributed by atoms with van der Waals surface area (Å²) in [4.78, 5) is 0. The first-order valence-corrected chi connectivity index (χ1v) is 8.07. The molecular weight excluding hydrogens is 301 g/mol. The van der Waals surface area contributed by atoms with Crippen molar-refractivity contribution in [3.05, 3.63) is 12.2 Å². The smallest absolute Gasteiger partial charge is 0.0263 e. The summed E-state index contributed by atoms with van der Waals surface area (Å²) in [5.41, 5.74) is 0.497. The summed E-state index contributed by atoms with van der Waals surface area (Å²) in [6.07, 6.45) is 10.5. The van der Waals surface area contributed by atoms with Crippen molar-refractivity contribution in [3.8, 4) is 0 Å². The normalized spacial score (nSPS) is 21.4. The summed E-state index contributed by atoms with van der Waals surface area (Å²) in [6.45, 7) is 6.66. The molecule has 1 aliphatic carbocycles. The van der Waals surface area contributed by atoms with Crippen molar-refractivity contribution in [2.75, 3.05) is 11.8 Å². The van der Waals surface area contributed by atoms with Crippen LogP contribution in [-0.4, -0.2) is 23.3 Å². The van der Waals surface area contributed by atoms with Gasteiger partial charge in [-0.25, -0.2) is 0 Å². The summed E-state index contributed by atoms with van der Waals surface area (Å²) in [5, 5.41) is 3.67. The highest BCUT2D eigenvalue weighted by Gasteiger charge is 2.34. The molecule has 0 aromatic heterocycles. The van der Waals surface area contributed by atoms with Crippen LogP contribution in [-0.2, 0) is 0 Å². The van der Waals surface area contributed by atoms with E-state index in [4.69, 9.17) is 23.2 Å². The SMILES string of the molecule is CC(C)(C)NC1C=CC(CCCCl)(CCCCl)C1.Cl. The molecule has 4 heteroatoms. The van der Waals surface area contributed by atoms with Crippen LogP contribution in [0.15, 0.2) is 12.2 Å². The molecule has 1 unspecified atom stereocenters. The van der Waals surface area contributed by atoms with Crippen molar-refractivity contribution in [1.29, 1.82) is 0 Å². The van der Waals surface area contributed by atoms with E-state index in [1.807, 2.05) is 0 Å². The minimum Gasteiger partial charge on any atom is -0.306 e. The van der Waals surface area contributed by atoms with Crippen molar-refractivity contribution < 1.29 is 0 Å². The Morgan fingerprint density at radius 2 is 1.68 bits per heavy atom. The lowest BCUT2D eigenvalue weighted by atomic mass is 9.78. The first-order chi connectivity index (χ1) is 8.41. The monoisotopic (exact) mass is 327 g/mol. The summed E-state index contributed by atoms with van der Waals surface area (Å²) in [5.74, 6) is 1.52. The standard InChI is InChI=1S/C15H27Cl2N.ClH/c1-14(2,3)18-13-6-9-15(12-13,7-4-10-16)8-5-11-17;/h6,9,13,18H,4-5,7-8,10-12H2,1-3H3;1H. The van der Waals surface area contributed by atoms with Crippen molar-refractivity contribution in [1.82, 2.24) is 5.32 Å². The Bertz CT molecular complexity index is 263. The number of hydrogen-bond donors (Lipinski definition) is 1. The Kier molecular flexibility index (Phi) is 9.03. The Labute approximate surface area is 134 Å². The van der Waals surface area contributed by atoms with Gasteiger partial charge in [0.2, 0.25) is 0 Å². The second-order valence-corrected chi connectivity index (χ2v) is 7.27. The lowest BCUT2D eigenvalue weighted by Crippen LogP contribution is -2.43. The summed E-state index contributed by atoms with van der Waals surface area (Å²) >= 11 is 11.7. The highest BCUT2D eigenvalue weighted by molar-refractivity contribution is 6.18. The molecule has 19 heavy (non-hydrogen) atoms. The van der Waals surface area contributed by atoms with Crippen molar-refractivity contribution >= 4 is 35.6 Å². The van der Waals surface area contributed by atoms with E-state index in [0.29, 0.717) is 11.5 Å². The molecule has 0 heterocycles. The number of hydrogen-bond acceptors (Lipinski definition) is 1. The van der Waals surface area contributed by atoms with Gasteiger partial charge in [-0.15, -0.1) is 35.6 Å². The van der Waals surface area contributed by atoms with Gasteiger partial charge in [-0.1, -0.05) is 12.2 Å². The molecule has 0 spiro atoms. The number of halogens is 3. The van der Waals surface area contributed by atoms with Crippen LogP contribution in [0, 0.1) is 5.41 Å². The number of alkyl halides is 2. The molecule has 0 saturated heterocycles. The predicted molar refractivity (Wildman–Crippen MR) is 90.0 cm³/mol. The van der Waals surface area contributed by atoms with Gasteiger partial charge in [0, 0.05) is 23.3 Å². The van der Waals surface area contributed by atoms with Crippen LogP contribution in [0.3, 0.4) is 0 Å². The molecule has 1 nitrogen and oxygen atoms in total. The highest BCUT2D eigenvalue weighted by atomic mass is 35.5. The fraction of sp³-hybridized carbons (Fsp3) is 0.867. The van der Waals surface area contributed by atoms with Gasteiger partial charge in [0.1, 0.15) is 0 Å². The Balaban J connectivity index is 0.00000324. The third-order valence-electron chi connectivity index (χ3n) is 3.54. The Morgan fingerprint density at radius 1 is 1.16 bits per heavy atom. The molecule has 0 aliphatic heterocycles. The first-order valence-electron chi connectivity index (χ1n) is 7.00. The van der Waals surface area contributed by atoms with E-state index in [2.05, 4.69) is 38.2 Å². The van der Waals surface area contributed by atoms with E-state index in [0.717, 1.165) is 24.6 Å². The zero-order valence-electron chi connectivity index (χ0n) is 12.3. The average molecular weight is 329 g/mol. The molecule has 0 aromatic rings. The van der Waals surface area contributed by atoms with Crippen molar-refractivity contribution in [2.45, 2.75) is 64.5 Å². The minimum absolute atomic E-state index is 0. The van der Waals surface area contributed by atoms with Gasteiger partial charge in [0.15, 0.2) is 0 Å². The van der Waals surface area contributed by atoms with Crippen LogP contribution in [0.2, 0.25) is 0 Å². The zero-order valence-corrected chi connectivity index (χ0v) is 14.7. The quantitative estimate of drug-likeness (QED) is 0.503. The molecule has 0 amide bonds. The molecular formula is C15H28Cl3N. The van der Waals surface area contributed by atoms with Gasteiger partial charge in [-0.2, -0.15) is 0 Å². The second kappa shape index (κ2) is 8.77. The summed E-state index contributed by atoms with van der Waals surface area (Å²) < 4.78 is 0. The van der Waals surface area contributed by atoms with Gasteiger partial charge in [0.25, 0.3) is 0 Å². The molecule has 1 aliphatic rings. The van der Waals surface area contributed by atoms with E-state index in [1.54, 1.807) is 0 Å². The fourth-order valence-electron chi connectivity index (χ4n) is 2.88. The van der Waals surface area contributed by atoms with Gasteiger partial charge < -0.3 is 5.32 Å². The molecule has 0 saturated carbocycles.